The van der Waals surface area contributed by atoms with Crippen LogP contribution < -0.4 is 16.2 Å². The van der Waals surface area contributed by atoms with Gasteiger partial charge in [-0.05, 0) is 12.0 Å². The summed E-state index contributed by atoms with van der Waals surface area (Å²) in [5.41, 5.74) is -0.181. The number of carbonyl (C=O) groups excluding carboxylic acids is 1. The van der Waals surface area contributed by atoms with Crippen molar-refractivity contribution < 1.29 is 4.79 Å². The zero-order valence-electron chi connectivity index (χ0n) is 13.7. The Bertz CT molecular complexity index is 760. The van der Waals surface area contributed by atoms with Crippen LogP contribution in [0.4, 0.5) is 0 Å². The second kappa shape index (κ2) is 6.91. The number of nitrogens with zero attached hydrogens (tertiary/aromatic N) is 4. The van der Waals surface area contributed by atoms with Gasteiger partial charge >= 0.3 is 0 Å². The molecule has 1 amide bonds. The lowest BCUT2D eigenvalue weighted by Crippen LogP contribution is -2.35. The van der Waals surface area contributed by atoms with Crippen molar-refractivity contribution in [3.63, 3.8) is 0 Å². The number of amides is 1. The third-order valence-corrected chi connectivity index (χ3v) is 4.04. The molecule has 1 atom stereocenters. The van der Waals surface area contributed by atoms with E-state index < -0.39 is 0 Å². The van der Waals surface area contributed by atoms with Gasteiger partial charge in [-0.2, -0.15) is 5.10 Å². The first kappa shape index (κ1) is 16.3. The van der Waals surface area contributed by atoms with E-state index in [9.17, 15) is 9.59 Å². The fraction of sp³-hybridized carbons (Fsp3) is 0.533. The van der Waals surface area contributed by atoms with Crippen LogP contribution in [0.15, 0.2) is 16.9 Å². The fourth-order valence-electron chi connectivity index (χ4n) is 2.74. The van der Waals surface area contributed by atoms with Gasteiger partial charge in [-0.1, -0.05) is 13.8 Å². The number of H-pyrrole nitrogens is 1. The maximum atomic E-state index is 12.4. The van der Waals surface area contributed by atoms with E-state index in [0.29, 0.717) is 0 Å². The van der Waals surface area contributed by atoms with Crippen molar-refractivity contribution in [2.45, 2.75) is 32.9 Å². The zero-order chi connectivity index (χ0) is 17.1. The number of nitrogens with one attached hydrogen (secondary N) is 3. The van der Waals surface area contributed by atoms with Gasteiger partial charge in [-0.15, -0.1) is 10.2 Å². The molecule has 24 heavy (non-hydrogen) atoms. The van der Waals surface area contributed by atoms with Gasteiger partial charge in [0.2, 0.25) is 0 Å². The number of hydrogen-bond acceptors (Lipinski definition) is 6. The Morgan fingerprint density at radius 3 is 2.83 bits per heavy atom. The summed E-state index contributed by atoms with van der Waals surface area (Å²) in [5, 5.41) is 20.9. The van der Waals surface area contributed by atoms with Crippen molar-refractivity contribution in [1.29, 1.82) is 0 Å². The Morgan fingerprint density at radius 1 is 1.29 bits per heavy atom. The maximum absolute atomic E-state index is 12.4. The SMILES string of the molecule is CC(C)[C@H](NC(=O)c1ccc(=O)[nH]n1)c1nnc2n1CCNCC2. The van der Waals surface area contributed by atoms with Gasteiger partial charge < -0.3 is 15.2 Å². The Morgan fingerprint density at radius 2 is 2.12 bits per heavy atom. The van der Waals surface area contributed by atoms with Gasteiger partial charge in [-0.3, -0.25) is 9.59 Å². The molecule has 0 unspecified atom stereocenters. The lowest BCUT2D eigenvalue weighted by atomic mass is 10.0. The quantitative estimate of drug-likeness (QED) is 0.704. The van der Waals surface area contributed by atoms with Crippen molar-refractivity contribution in [3.05, 3.63) is 39.8 Å². The number of rotatable bonds is 4. The Kier molecular flexibility index (Phi) is 4.70. The summed E-state index contributed by atoms with van der Waals surface area (Å²) in [5.74, 6) is 1.45. The Hall–Kier alpha value is -2.55. The van der Waals surface area contributed by atoms with Crippen molar-refractivity contribution in [2.75, 3.05) is 13.1 Å². The minimum absolute atomic E-state index is 0.126. The van der Waals surface area contributed by atoms with Crippen molar-refractivity contribution in [1.82, 2.24) is 35.6 Å². The summed E-state index contributed by atoms with van der Waals surface area (Å²) in [4.78, 5) is 23.5. The molecule has 1 aliphatic heterocycles. The Labute approximate surface area is 138 Å². The van der Waals surface area contributed by atoms with Gasteiger partial charge in [0.25, 0.3) is 11.5 Å². The average molecular weight is 331 g/mol. The van der Waals surface area contributed by atoms with E-state index in [1.165, 1.54) is 12.1 Å². The monoisotopic (exact) mass is 331 g/mol. The first-order valence-electron chi connectivity index (χ1n) is 8.05. The van der Waals surface area contributed by atoms with Gasteiger partial charge in [0.05, 0.1) is 6.04 Å². The zero-order valence-corrected chi connectivity index (χ0v) is 13.7. The van der Waals surface area contributed by atoms with Gasteiger partial charge in [0, 0.05) is 32.1 Å². The molecule has 9 heteroatoms. The van der Waals surface area contributed by atoms with E-state index in [0.717, 1.165) is 37.7 Å². The van der Waals surface area contributed by atoms with Crippen LogP contribution in [-0.2, 0) is 13.0 Å². The molecule has 128 valence electrons. The smallest absolute Gasteiger partial charge is 0.272 e. The fourth-order valence-corrected chi connectivity index (χ4v) is 2.74. The lowest BCUT2D eigenvalue weighted by molar-refractivity contribution is 0.0915. The molecule has 0 aromatic carbocycles. The number of hydrogen-bond donors (Lipinski definition) is 3. The summed E-state index contributed by atoms with van der Waals surface area (Å²) in [6, 6.07) is 2.39. The van der Waals surface area contributed by atoms with E-state index in [1.807, 2.05) is 13.8 Å². The number of aromatic nitrogens is 5. The second-order valence-corrected chi connectivity index (χ2v) is 6.13. The molecule has 0 radical (unpaired) electrons. The van der Waals surface area contributed by atoms with E-state index >= 15 is 0 Å². The van der Waals surface area contributed by atoms with Gasteiger partial charge in [0.1, 0.15) is 11.5 Å². The van der Waals surface area contributed by atoms with Crippen molar-refractivity contribution in [2.24, 2.45) is 5.92 Å². The van der Waals surface area contributed by atoms with E-state index in [4.69, 9.17) is 0 Å². The molecule has 0 saturated carbocycles. The average Bonchev–Trinajstić information content (AvgIpc) is 2.80. The molecule has 3 rings (SSSR count). The van der Waals surface area contributed by atoms with E-state index in [1.54, 1.807) is 0 Å². The third-order valence-electron chi connectivity index (χ3n) is 4.04. The third kappa shape index (κ3) is 3.35. The predicted octanol–water partition coefficient (Wildman–Crippen LogP) is -0.366. The van der Waals surface area contributed by atoms with Crippen molar-refractivity contribution in [3.8, 4) is 0 Å². The first-order chi connectivity index (χ1) is 11.6. The van der Waals surface area contributed by atoms with E-state index in [2.05, 4.69) is 35.6 Å². The van der Waals surface area contributed by atoms with Crippen LogP contribution in [0, 0.1) is 5.92 Å². The molecule has 0 bridgehead atoms. The predicted molar refractivity (Wildman–Crippen MR) is 86.5 cm³/mol. The molecular formula is C15H21N7O2. The molecule has 9 nitrogen and oxygen atoms in total. The molecule has 0 spiro atoms. The Balaban J connectivity index is 1.85. The standard InChI is InChI=1S/C15H21N7O2/c1-9(2)13(17-15(24)10-3-4-12(23)20-18-10)14-21-19-11-5-6-16-7-8-22(11)14/h3-4,9,13,16H,5-8H2,1-2H3,(H,17,24)(H,20,23)/t13-/m0/s1. The number of fused-ring (bicyclic) bond motifs is 1. The normalized spacial score (nSPS) is 15.6. The lowest BCUT2D eigenvalue weighted by Gasteiger charge is -2.22. The van der Waals surface area contributed by atoms with Crippen LogP contribution in [0.25, 0.3) is 0 Å². The van der Waals surface area contributed by atoms with Gasteiger partial charge in [0.15, 0.2) is 5.82 Å². The molecule has 3 N–H and O–H groups in total. The summed E-state index contributed by atoms with van der Waals surface area (Å²) < 4.78 is 2.07. The molecule has 2 aromatic rings. The molecule has 0 aliphatic carbocycles. The minimum Gasteiger partial charge on any atom is -0.340 e. The second-order valence-electron chi connectivity index (χ2n) is 6.13. The largest absolute Gasteiger partial charge is 0.340 e. The summed E-state index contributed by atoms with van der Waals surface area (Å²) in [7, 11) is 0. The summed E-state index contributed by atoms with van der Waals surface area (Å²) >= 11 is 0. The van der Waals surface area contributed by atoms with Crippen LogP contribution in [0.1, 0.15) is 42.0 Å². The van der Waals surface area contributed by atoms with Crippen LogP contribution >= 0.6 is 0 Å². The molecular weight excluding hydrogens is 310 g/mol. The highest BCUT2D eigenvalue weighted by atomic mass is 16.2. The van der Waals surface area contributed by atoms with Crippen molar-refractivity contribution >= 4 is 5.91 Å². The highest BCUT2D eigenvalue weighted by molar-refractivity contribution is 5.92. The maximum Gasteiger partial charge on any atom is 0.272 e. The molecule has 3 heterocycles. The minimum atomic E-state index is -0.353. The molecule has 2 aromatic heterocycles. The molecule has 0 fully saturated rings. The van der Waals surface area contributed by atoms with Crippen LogP contribution in [0.5, 0.6) is 0 Å². The number of aromatic amines is 1. The molecule has 1 aliphatic rings. The first-order valence-corrected chi connectivity index (χ1v) is 8.05. The van der Waals surface area contributed by atoms with Crippen LogP contribution in [0.2, 0.25) is 0 Å². The van der Waals surface area contributed by atoms with Crippen LogP contribution in [0.3, 0.4) is 0 Å². The van der Waals surface area contributed by atoms with E-state index in [-0.39, 0.29) is 29.1 Å². The van der Waals surface area contributed by atoms with Crippen LogP contribution in [-0.4, -0.2) is 44.0 Å². The highest BCUT2D eigenvalue weighted by Gasteiger charge is 2.27. The summed E-state index contributed by atoms with van der Waals surface area (Å²) in [6.07, 6.45) is 0.813. The highest BCUT2D eigenvalue weighted by Crippen LogP contribution is 2.22. The number of carbonyl (C=O) groups is 1. The molecule has 0 saturated heterocycles. The summed E-state index contributed by atoms with van der Waals surface area (Å²) in [6.45, 7) is 6.52. The van der Waals surface area contributed by atoms with Gasteiger partial charge in [-0.25, -0.2) is 5.10 Å². The topological polar surface area (TPSA) is 118 Å².